The number of rotatable bonds is 6. The van der Waals surface area contributed by atoms with Crippen LogP contribution in [0.5, 0.6) is 11.5 Å². The number of amides is 1. The lowest BCUT2D eigenvalue weighted by molar-refractivity contribution is -0.120. The van der Waals surface area contributed by atoms with Crippen LogP contribution in [0.25, 0.3) is 11.1 Å². The minimum atomic E-state index is 0.0516. The van der Waals surface area contributed by atoms with Gasteiger partial charge < -0.3 is 14.8 Å². The van der Waals surface area contributed by atoms with E-state index in [2.05, 4.69) is 16.5 Å². The van der Waals surface area contributed by atoms with Crippen LogP contribution in [0.4, 0.5) is 0 Å². The zero-order valence-electron chi connectivity index (χ0n) is 18.3. The summed E-state index contributed by atoms with van der Waals surface area (Å²) in [6.45, 7) is 0.978. The van der Waals surface area contributed by atoms with E-state index in [0.717, 1.165) is 43.5 Å². The first kappa shape index (κ1) is 20.5. The van der Waals surface area contributed by atoms with Crippen molar-refractivity contribution in [2.24, 2.45) is 13.0 Å². The van der Waals surface area contributed by atoms with Gasteiger partial charge in [0.15, 0.2) is 11.5 Å². The monoisotopic (exact) mass is 432 g/mol. The average Bonchev–Trinajstić information content (AvgIpc) is 3.45. The van der Waals surface area contributed by atoms with Crippen LogP contribution in [-0.2, 0) is 18.3 Å². The van der Waals surface area contributed by atoms with Crippen LogP contribution in [0.2, 0.25) is 0 Å². The molecule has 5 rings (SSSR count). The van der Waals surface area contributed by atoms with Gasteiger partial charge in [-0.2, -0.15) is 5.10 Å². The van der Waals surface area contributed by atoms with Crippen LogP contribution in [0.15, 0.2) is 48.9 Å². The van der Waals surface area contributed by atoms with Gasteiger partial charge in [-0.15, -0.1) is 0 Å². The summed E-state index contributed by atoms with van der Waals surface area (Å²) in [5, 5.41) is 7.92. The standard InChI is InChI=1S/C25H28N4O3/c1-29-15-21(19-8-10-26-11-9-19)25(28-29)20-5-2-17(3-6-20)14-27-24(30)13-18-4-7-22-23(12-18)32-16-31-22/h4,7-12,15,17,20H,2-3,5-6,13-14,16H2,1H3,(H,27,30). The van der Waals surface area contributed by atoms with Crippen molar-refractivity contribution in [3.8, 4) is 22.6 Å². The largest absolute Gasteiger partial charge is 0.454 e. The molecule has 7 nitrogen and oxygen atoms in total. The van der Waals surface area contributed by atoms with Crippen LogP contribution in [0.1, 0.15) is 42.9 Å². The van der Waals surface area contributed by atoms with Crippen LogP contribution >= 0.6 is 0 Å². The van der Waals surface area contributed by atoms with E-state index < -0.39 is 0 Å². The molecule has 32 heavy (non-hydrogen) atoms. The molecule has 166 valence electrons. The van der Waals surface area contributed by atoms with Crippen LogP contribution in [-0.4, -0.2) is 34.0 Å². The van der Waals surface area contributed by atoms with Gasteiger partial charge in [-0.05, 0) is 67.0 Å². The van der Waals surface area contributed by atoms with Gasteiger partial charge in [-0.3, -0.25) is 14.5 Å². The van der Waals surface area contributed by atoms with E-state index in [1.54, 1.807) is 0 Å². The summed E-state index contributed by atoms with van der Waals surface area (Å²) in [6, 6.07) is 9.76. The molecule has 1 aromatic carbocycles. The third-order valence-electron chi connectivity index (χ3n) is 6.47. The number of hydrogen-bond donors (Lipinski definition) is 1. The van der Waals surface area contributed by atoms with Gasteiger partial charge >= 0.3 is 0 Å². The van der Waals surface area contributed by atoms with Crippen LogP contribution < -0.4 is 14.8 Å². The quantitative estimate of drug-likeness (QED) is 0.640. The molecule has 0 spiro atoms. The number of nitrogens with zero attached hydrogens (tertiary/aromatic N) is 3. The minimum Gasteiger partial charge on any atom is -0.454 e. The summed E-state index contributed by atoms with van der Waals surface area (Å²) in [4.78, 5) is 16.6. The zero-order valence-corrected chi connectivity index (χ0v) is 18.3. The fraction of sp³-hybridized carbons (Fsp3) is 0.400. The topological polar surface area (TPSA) is 78.3 Å². The Labute approximate surface area is 187 Å². The molecule has 7 heteroatoms. The maximum Gasteiger partial charge on any atom is 0.231 e. The SMILES string of the molecule is Cn1cc(-c2ccncc2)c(C2CCC(CNC(=O)Cc3ccc4c(c3)OCO4)CC2)n1. The van der Waals surface area contributed by atoms with Gasteiger partial charge in [-0.1, -0.05) is 6.07 Å². The molecule has 3 aromatic rings. The van der Waals surface area contributed by atoms with Crippen molar-refractivity contribution >= 4 is 5.91 Å². The number of carbonyl (C=O) groups excluding carboxylic acids is 1. The Morgan fingerprint density at radius 2 is 1.88 bits per heavy atom. The highest BCUT2D eigenvalue weighted by Gasteiger charge is 2.27. The number of aryl methyl sites for hydroxylation is 1. The summed E-state index contributed by atoms with van der Waals surface area (Å²) in [6.07, 6.45) is 10.5. The van der Waals surface area contributed by atoms with Crippen molar-refractivity contribution in [2.75, 3.05) is 13.3 Å². The first-order valence-corrected chi connectivity index (χ1v) is 11.2. The predicted octanol–water partition coefficient (Wildman–Crippen LogP) is 3.84. The summed E-state index contributed by atoms with van der Waals surface area (Å²) >= 11 is 0. The number of nitrogens with one attached hydrogen (secondary N) is 1. The number of benzene rings is 1. The van der Waals surface area contributed by atoms with Gasteiger partial charge in [0.25, 0.3) is 0 Å². The Morgan fingerprint density at radius 1 is 1.09 bits per heavy atom. The summed E-state index contributed by atoms with van der Waals surface area (Å²) in [5.74, 6) is 2.48. The summed E-state index contributed by atoms with van der Waals surface area (Å²) in [7, 11) is 1.98. The first-order valence-electron chi connectivity index (χ1n) is 11.2. The number of ether oxygens (including phenoxy) is 2. The molecule has 2 aliphatic rings. The van der Waals surface area contributed by atoms with Gasteiger partial charge in [-0.25, -0.2) is 0 Å². The van der Waals surface area contributed by atoms with E-state index in [4.69, 9.17) is 14.6 Å². The number of pyridine rings is 1. The number of carbonyl (C=O) groups is 1. The molecule has 1 amide bonds. The van der Waals surface area contributed by atoms with Gasteiger partial charge in [0.1, 0.15) is 0 Å². The molecule has 1 saturated carbocycles. The smallest absolute Gasteiger partial charge is 0.231 e. The van der Waals surface area contributed by atoms with Crippen molar-refractivity contribution in [1.82, 2.24) is 20.1 Å². The van der Waals surface area contributed by atoms with Crippen molar-refractivity contribution in [2.45, 2.75) is 38.0 Å². The lowest BCUT2D eigenvalue weighted by Gasteiger charge is -2.28. The molecular formula is C25H28N4O3. The Kier molecular flexibility index (Phi) is 5.79. The van der Waals surface area contributed by atoms with E-state index >= 15 is 0 Å². The highest BCUT2D eigenvalue weighted by Crippen LogP contribution is 2.39. The average molecular weight is 433 g/mol. The molecule has 1 aliphatic heterocycles. The molecular weight excluding hydrogens is 404 g/mol. The molecule has 1 fully saturated rings. The van der Waals surface area contributed by atoms with E-state index in [-0.39, 0.29) is 12.7 Å². The second-order valence-corrected chi connectivity index (χ2v) is 8.72. The zero-order chi connectivity index (χ0) is 21.9. The third-order valence-corrected chi connectivity index (χ3v) is 6.47. The Balaban J connectivity index is 1.13. The van der Waals surface area contributed by atoms with Crippen molar-refractivity contribution < 1.29 is 14.3 Å². The maximum atomic E-state index is 12.4. The van der Waals surface area contributed by atoms with Crippen LogP contribution in [0.3, 0.4) is 0 Å². The fourth-order valence-corrected chi connectivity index (χ4v) is 4.76. The normalized spacial score (nSPS) is 19.7. The first-order chi connectivity index (χ1) is 15.7. The molecule has 0 bridgehead atoms. The Hall–Kier alpha value is -3.35. The van der Waals surface area contributed by atoms with Gasteiger partial charge in [0.2, 0.25) is 12.7 Å². The van der Waals surface area contributed by atoms with Crippen molar-refractivity contribution in [3.05, 3.63) is 60.2 Å². The van der Waals surface area contributed by atoms with Crippen molar-refractivity contribution in [3.63, 3.8) is 0 Å². The lowest BCUT2D eigenvalue weighted by atomic mass is 9.79. The number of fused-ring (bicyclic) bond motifs is 1. The Morgan fingerprint density at radius 3 is 2.69 bits per heavy atom. The molecule has 0 radical (unpaired) electrons. The summed E-state index contributed by atoms with van der Waals surface area (Å²) in [5.41, 5.74) is 4.50. The highest BCUT2D eigenvalue weighted by molar-refractivity contribution is 5.78. The second-order valence-electron chi connectivity index (χ2n) is 8.72. The van der Waals surface area contributed by atoms with E-state index in [1.807, 2.05) is 54.5 Å². The molecule has 1 N–H and O–H groups in total. The van der Waals surface area contributed by atoms with E-state index in [9.17, 15) is 4.79 Å². The highest BCUT2D eigenvalue weighted by atomic mass is 16.7. The fourth-order valence-electron chi connectivity index (χ4n) is 4.76. The Bertz CT molecular complexity index is 1090. The molecule has 2 aromatic heterocycles. The van der Waals surface area contributed by atoms with Gasteiger partial charge in [0.05, 0.1) is 12.1 Å². The maximum absolute atomic E-state index is 12.4. The molecule has 0 saturated heterocycles. The molecule has 0 atom stereocenters. The molecule has 0 unspecified atom stereocenters. The van der Waals surface area contributed by atoms with Crippen LogP contribution in [0, 0.1) is 5.92 Å². The molecule has 3 heterocycles. The third kappa shape index (κ3) is 4.47. The van der Waals surface area contributed by atoms with Crippen molar-refractivity contribution in [1.29, 1.82) is 0 Å². The second kappa shape index (κ2) is 9.02. The minimum absolute atomic E-state index is 0.0516. The van der Waals surface area contributed by atoms with E-state index in [0.29, 0.717) is 24.0 Å². The lowest BCUT2D eigenvalue weighted by Crippen LogP contribution is -2.32. The van der Waals surface area contributed by atoms with E-state index in [1.165, 1.54) is 16.8 Å². The predicted molar refractivity (Wildman–Crippen MR) is 120 cm³/mol. The van der Waals surface area contributed by atoms with Gasteiger partial charge in [0, 0.05) is 43.7 Å². The number of hydrogen-bond acceptors (Lipinski definition) is 5. The molecule has 1 aliphatic carbocycles. The summed E-state index contributed by atoms with van der Waals surface area (Å²) < 4.78 is 12.6. The number of aromatic nitrogens is 3.